The minimum Gasteiger partial charge on any atom is -0.384 e. The van der Waals surface area contributed by atoms with Crippen LogP contribution < -0.4 is 5.32 Å². The fourth-order valence-electron chi connectivity index (χ4n) is 2.85. The Labute approximate surface area is 140 Å². The Hall–Kier alpha value is -1.87. The molecule has 0 atom stereocenters. The van der Waals surface area contributed by atoms with Gasteiger partial charge in [0.2, 0.25) is 0 Å². The molecule has 1 N–H and O–H groups in total. The van der Waals surface area contributed by atoms with Crippen molar-refractivity contribution in [2.45, 2.75) is 27.2 Å². The lowest BCUT2D eigenvalue weighted by Gasteiger charge is -2.30. The molecule has 0 aromatic heterocycles. The van der Waals surface area contributed by atoms with E-state index in [-0.39, 0.29) is 0 Å². The van der Waals surface area contributed by atoms with Crippen LogP contribution in [0, 0.1) is 13.8 Å². The highest BCUT2D eigenvalue weighted by Gasteiger charge is 2.12. The van der Waals surface area contributed by atoms with Crippen LogP contribution in [0.1, 0.15) is 30.0 Å². The number of nitrogens with zero attached hydrogens (tertiary/aromatic N) is 2. The van der Waals surface area contributed by atoms with Gasteiger partial charge in [0, 0.05) is 37.1 Å². The van der Waals surface area contributed by atoms with Crippen molar-refractivity contribution in [3.8, 4) is 0 Å². The van der Waals surface area contributed by atoms with E-state index in [2.05, 4.69) is 66.8 Å². The van der Waals surface area contributed by atoms with Crippen LogP contribution in [0.15, 0.2) is 41.5 Å². The quantitative estimate of drug-likeness (QED) is 0.587. The average molecular weight is 311 g/mol. The molecule has 1 saturated heterocycles. The number of allylic oxidation sites excluding steroid dienone is 2. The normalized spacial score (nSPS) is 15.7. The Morgan fingerprint density at radius 2 is 2.00 bits per heavy atom. The summed E-state index contributed by atoms with van der Waals surface area (Å²) in [6, 6.07) is 6.40. The number of nitrogens with one attached hydrogen (secondary N) is 1. The Kier molecular flexibility index (Phi) is 6.60. The van der Waals surface area contributed by atoms with Gasteiger partial charge in [0.1, 0.15) is 0 Å². The lowest BCUT2D eigenvalue weighted by molar-refractivity contribution is 0.184. The van der Waals surface area contributed by atoms with E-state index in [1.165, 1.54) is 36.2 Å². The Morgan fingerprint density at radius 3 is 2.57 bits per heavy atom. The van der Waals surface area contributed by atoms with Crippen molar-refractivity contribution in [1.82, 2.24) is 10.2 Å². The molecule has 0 spiro atoms. The first-order chi connectivity index (χ1) is 11.1. The van der Waals surface area contributed by atoms with Gasteiger partial charge < -0.3 is 10.2 Å². The molecule has 1 aromatic carbocycles. The van der Waals surface area contributed by atoms with E-state index in [0.717, 1.165) is 30.9 Å². The average Bonchev–Trinajstić information content (AvgIpc) is 2.46. The maximum absolute atomic E-state index is 4.44. The van der Waals surface area contributed by atoms with E-state index < -0.39 is 0 Å². The molecule has 0 saturated carbocycles. The van der Waals surface area contributed by atoms with Crippen LogP contribution in [0.4, 0.5) is 0 Å². The van der Waals surface area contributed by atoms with Gasteiger partial charge in [-0.05, 0) is 63.0 Å². The second-order valence-electron chi connectivity index (χ2n) is 6.14. The molecule has 0 bridgehead atoms. The van der Waals surface area contributed by atoms with Crippen LogP contribution in [-0.2, 0) is 0 Å². The molecule has 3 heteroatoms. The van der Waals surface area contributed by atoms with Crippen LogP contribution in [0.3, 0.4) is 0 Å². The molecule has 23 heavy (non-hydrogen) atoms. The summed E-state index contributed by atoms with van der Waals surface area (Å²) < 4.78 is 0. The van der Waals surface area contributed by atoms with E-state index in [4.69, 9.17) is 0 Å². The van der Waals surface area contributed by atoms with Crippen molar-refractivity contribution in [2.75, 3.05) is 32.7 Å². The molecule has 0 unspecified atom stereocenters. The largest absolute Gasteiger partial charge is 0.384 e. The van der Waals surface area contributed by atoms with Gasteiger partial charge in [-0.25, -0.2) is 0 Å². The third-order valence-electron chi connectivity index (χ3n) is 4.24. The molecule has 1 fully saturated rings. The van der Waals surface area contributed by atoms with E-state index in [1.54, 1.807) is 0 Å². The summed E-state index contributed by atoms with van der Waals surface area (Å²) in [6.07, 6.45) is 5.42. The van der Waals surface area contributed by atoms with Gasteiger partial charge in [0.15, 0.2) is 0 Å². The van der Waals surface area contributed by atoms with Crippen molar-refractivity contribution >= 4 is 11.8 Å². The number of rotatable bonds is 8. The van der Waals surface area contributed by atoms with Crippen molar-refractivity contribution < 1.29 is 0 Å². The lowest BCUT2D eigenvalue weighted by Crippen LogP contribution is -2.41. The lowest BCUT2D eigenvalue weighted by atomic mass is 9.95. The summed E-state index contributed by atoms with van der Waals surface area (Å²) >= 11 is 0. The fraction of sp³-hybridized carbons (Fsp3) is 0.450. The Morgan fingerprint density at radius 1 is 1.30 bits per heavy atom. The van der Waals surface area contributed by atoms with Gasteiger partial charge in [-0.2, -0.15) is 0 Å². The molecule has 0 radical (unpaired) electrons. The fourth-order valence-corrected chi connectivity index (χ4v) is 2.85. The molecule has 0 aliphatic carbocycles. The van der Waals surface area contributed by atoms with Crippen LogP contribution in [0.5, 0.6) is 0 Å². The predicted octanol–water partition coefficient (Wildman–Crippen LogP) is 3.59. The molecular weight excluding hydrogens is 282 g/mol. The molecule has 124 valence electrons. The molecule has 0 amide bonds. The first-order valence-corrected chi connectivity index (χ1v) is 8.55. The minimum atomic E-state index is 0.789. The van der Waals surface area contributed by atoms with Gasteiger partial charge in [0.05, 0.1) is 0 Å². The minimum absolute atomic E-state index is 0.789. The van der Waals surface area contributed by atoms with E-state index in [9.17, 15) is 0 Å². The zero-order chi connectivity index (χ0) is 16.7. The number of hydrogen-bond acceptors (Lipinski definition) is 3. The first-order valence-electron chi connectivity index (χ1n) is 8.55. The number of aryl methyl sites for hydroxylation is 2. The summed E-state index contributed by atoms with van der Waals surface area (Å²) in [5.74, 6) is 0. The van der Waals surface area contributed by atoms with Crippen molar-refractivity contribution in [3.05, 3.63) is 53.2 Å². The second kappa shape index (κ2) is 8.68. The van der Waals surface area contributed by atoms with E-state index in [0.29, 0.717) is 0 Å². The van der Waals surface area contributed by atoms with Crippen LogP contribution >= 0.6 is 0 Å². The van der Waals surface area contributed by atoms with Crippen LogP contribution in [-0.4, -0.2) is 43.8 Å². The van der Waals surface area contributed by atoms with Crippen molar-refractivity contribution in [2.24, 2.45) is 4.99 Å². The predicted molar refractivity (Wildman–Crippen MR) is 101 cm³/mol. The smallest absolute Gasteiger partial charge is 0.0361 e. The zero-order valence-corrected chi connectivity index (χ0v) is 14.7. The molecule has 1 aliphatic heterocycles. The van der Waals surface area contributed by atoms with Crippen LogP contribution in [0.25, 0.3) is 5.57 Å². The van der Waals surface area contributed by atoms with Gasteiger partial charge in [-0.15, -0.1) is 0 Å². The van der Waals surface area contributed by atoms with E-state index >= 15 is 0 Å². The van der Waals surface area contributed by atoms with Gasteiger partial charge in [-0.1, -0.05) is 24.8 Å². The van der Waals surface area contributed by atoms with Gasteiger partial charge >= 0.3 is 0 Å². The Balaban J connectivity index is 2.10. The number of aliphatic imine (C=N–C) groups is 1. The molecular formula is C20H29N3. The number of benzene rings is 1. The third-order valence-corrected chi connectivity index (χ3v) is 4.24. The van der Waals surface area contributed by atoms with Gasteiger partial charge in [-0.3, -0.25) is 4.99 Å². The summed E-state index contributed by atoms with van der Waals surface area (Å²) in [6.45, 7) is 15.8. The maximum Gasteiger partial charge on any atom is 0.0361 e. The SMILES string of the molecule is C=C(/C=C(\C=N/CC)c1c(C)cccc1C)NCCN1CCC1. The molecule has 2 rings (SSSR count). The molecule has 1 aromatic rings. The van der Waals surface area contributed by atoms with Crippen molar-refractivity contribution in [3.63, 3.8) is 0 Å². The van der Waals surface area contributed by atoms with E-state index in [1.807, 2.05) is 6.21 Å². The summed E-state index contributed by atoms with van der Waals surface area (Å²) in [4.78, 5) is 6.90. The summed E-state index contributed by atoms with van der Waals surface area (Å²) in [5, 5.41) is 3.42. The third kappa shape index (κ3) is 5.07. The highest BCUT2D eigenvalue weighted by Crippen LogP contribution is 2.22. The first kappa shape index (κ1) is 17.5. The maximum atomic E-state index is 4.44. The second-order valence-corrected chi connectivity index (χ2v) is 6.14. The highest BCUT2D eigenvalue weighted by molar-refractivity contribution is 6.11. The molecule has 3 nitrogen and oxygen atoms in total. The Bertz CT molecular complexity index is 575. The van der Waals surface area contributed by atoms with Gasteiger partial charge in [0.25, 0.3) is 0 Å². The zero-order valence-electron chi connectivity index (χ0n) is 14.7. The topological polar surface area (TPSA) is 27.6 Å². The number of hydrogen-bond donors (Lipinski definition) is 1. The summed E-state index contributed by atoms with van der Waals surface area (Å²) in [7, 11) is 0. The highest BCUT2D eigenvalue weighted by atomic mass is 15.2. The van der Waals surface area contributed by atoms with Crippen LogP contribution in [0.2, 0.25) is 0 Å². The molecule has 1 heterocycles. The van der Waals surface area contributed by atoms with Crippen molar-refractivity contribution in [1.29, 1.82) is 0 Å². The summed E-state index contributed by atoms with van der Waals surface area (Å²) in [5.41, 5.74) is 5.88. The standard InChI is InChI=1S/C20H29N3/c1-5-21-15-19(20-16(2)8-6-9-17(20)3)14-18(4)22-10-13-23-11-7-12-23/h6,8-9,14-15,22H,4-5,7,10-13H2,1-3H3/b19-14+,21-15-. The molecule has 1 aliphatic rings. The monoisotopic (exact) mass is 311 g/mol. The number of likely N-dealkylation sites (tertiary alicyclic amines) is 1.